The molecule has 1 saturated heterocycles. The molecule has 2 heterocycles. The lowest BCUT2D eigenvalue weighted by molar-refractivity contribution is 0.0879. The zero-order valence-electron chi connectivity index (χ0n) is 16.7. The third-order valence-electron chi connectivity index (χ3n) is 5.95. The van der Waals surface area contributed by atoms with Gasteiger partial charge in [-0.25, -0.2) is 8.42 Å². The van der Waals surface area contributed by atoms with Gasteiger partial charge < -0.3 is 0 Å². The summed E-state index contributed by atoms with van der Waals surface area (Å²) in [5.41, 5.74) is 1.55. The van der Waals surface area contributed by atoms with Gasteiger partial charge in [-0.05, 0) is 34.5 Å². The second kappa shape index (κ2) is 7.56. The molecule has 2 amide bonds. The fourth-order valence-corrected chi connectivity index (χ4v) is 5.70. The maximum Gasteiger partial charge on any atom is 0.258 e. The molecule has 0 aromatic heterocycles. The molecule has 158 valence electrons. The summed E-state index contributed by atoms with van der Waals surface area (Å²) in [5, 5.41) is 4.60. The number of amides is 2. The Bertz CT molecular complexity index is 1310. The zero-order chi connectivity index (χ0) is 21.6. The molecule has 3 aromatic carbocycles. The van der Waals surface area contributed by atoms with Crippen LogP contribution in [0, 0.1) is 0 Å². The van der Waals surface area contributed by atoms with E-state index in [-0.39, 0.29) is 16.0 Å². The van der Waals surface area contributed by atoms with Crippen LogP contribution in [0.25, 0.3) is 10.8 Å². The summed E-state index contributed by atoms with van der Waals surface area (Å²) in [7, 11) is -3.74. The van der Waals surface area contributed by atoms with Crippen molar-refractivity contribution in [2.45, 2.75) is 11.4 Å². The molecule has 0 saturated carbocycles. The third-order valence-corrected chi connectivity index (χ3v) is 7.84. The van der Waals surface area contributed by atoms with Crippen LogP contribution < -0.4 is 5.32 Å². The van der Waals surface area contributed by atoms with Crippen molar-refractivity contribution in [3.05, 3.63) is 77.4 Å². The SMILES string of the molecule is O=C1NC(=O)c2cc(S(=O)(=O)N3CCN(Cc4cccc5ccccc45)CC3)ccc21. The molecule has 0 unspecified atom stereocenters. The predicted octanol–water partition coefficient (Wildman–Crippen LogP) is 2.23. The highest BCUT2D eigenvalue weighted by atomic mass is 32.2. The molecular formula is C23H21N3O4S. The molecule has 0 aliphatic carbocycles. The molecule has 7 nitrogen and oxygen atoms in total. The highest BCUT2D eigenvalue weighted by Crippen LogP contribution is 2.25. The molecule has 5 rings (SSSR count). The van der Waals surface area contributed by atoms with E-state index in [0.717, 1.165) is 6.54 Å². The molecule has 0 radical (unpaired) electrons. The van der Waals surface area contributed by atoms with E-state index < -0.39 is 21.8 Å². The maximum atomic E-state index is 13.1. The smallest absolute Gasteiger partial charge is 0.258 e. The summed E-state index contributed by atoms with van der Waals surface area (Å²) < 4.78 is 27.7. The lowest BCUT2D eigenvalue weighted by Crippen LogP contribution is -2.48. The normalized spacial score (nSPS) is 17.7. The van der Waals surface area contributed by atoms with Gasteiger partial charge in [0.25, 0.3) is 11.8 Å². The van der Waals surface area contributed by atoms with Gasteiger partial charge in [-0.3, -0.25) is 19.8 Å². The quantitative estimate of drug-likeness (QED) is 0.635. The van der Waals surface area contributed by atoms with Gasteiger partial charge in [-0.2, -0.15) is 4.31 Å². The van der Waals surface area contributed by atoms with Crippen LogP contribution >= 0.6 is 0 Å². The zero-order valence-corrected chi connectivity index (χ0v) is 17.6. The standard InChI is InChI=1S/C23H21N3O4S/c27-22-20-9-8-18(14-21(20)23(28)24-22)31(29,30)26-12-10-25(11-13-26)15-17-6-3-5-16-4-1-2-7-19(16)17/h1-9,14H,10-13,15H2,(H,24,27,28). The highest BCUT2D eigenvalue weighted by molar-refractivity contribution is 7.89. The van der Waals surface area contributed by atoms with E-state index in [0.29, 0.717) is 26.2 Å². The number of sulfonamides is 1. The summed E-state index contributed by atoms with van der Waals surface area (Å²) in [4.78, 5) is 25.9. The van der Waals surface area contributed by atoms with Gasteiger partial charge in [0.15, 0.2) is 0 Å². The number of carbonyl (C=O) groups excluding carboxylic acids is 2. The fraction of sp³-hybridized carbons (Fsp3) is 0.217. The van der Waals surface area contributed by atoms with E-state index in [1.165, 1.54) is 38.8 Å². The molecule has 0 atom stereocenters. The van der Waals surface area contributed by atoms with Crippen molar-refractivity contribution < 1.29 is 18.0 Å². The molecule has 3 aromatic rings. The number of hydrogen-bond acceptors (Lipinski definition) is 5. The summed E-state index contributed by atoms with van der Waals surface area (Å²) >= 11 is 0. The molecule has 1 fully saturated rings. The average molecular weight is 436 g/mol. The predicted molar refractivity (Wildman–Crippen MR) is 116 cm³/mol. The van der Waals surface area contributed by atoms with Gasteiger partial charge in [-0.1, -0.05) is 42.5 Å². The van der Waals surface area contributed by atoms with E-state index >= 15 is 0 Å². The van der Waals surface area contributed by atoms with E-state index in [2.05, 4.69) is 34.5 Å². The van der Waals surface area contributed by atoms with E-state index in [9.17, 15) is 18.0 Å². The van der Waals surface area contributed by atoms with Gasteiger partial charge >= 0.3 is 0 Å². The summed E-state index contributed by atoms with van der Waals surface area (Å²) in [5.74, 6) is -1.05. The molecule has 8 heteroatoms. The van der Waals surface area contributed by atoms with Gasteiger partial charge in [-0.15, -0.1) is 0 Å². The Morgan fingerprint density at radius 2 is 1.52 bits per heavy atom. The molecule has 0 spiro atoms. The second-order valence-electron chi connectivity index (χ2n) is 7.81. The monoisotopic (exact) mass is 435 g/mol. The molecule has 0 bridgehead atoms. The minimum Gasteiger partial charge on any atom is -0.296 e. The van der Waals surface area contributed by atoms with Gasteiger partial charge in [0.1, 0.15) is 0 Å². The molecule has 1 N–H and O–H groups in total. The minimum absolute atomic E-state index is 0.0404. The van der Waals surface area contributed by atoms with E-state index in [4.69, 9.17) is 0 Å². The first-order chi connectivity index (χ1) is 14.9. The summed E-state index contributed by atoms with van der Waals surface area (Å²) in [6, 6.07) is 18.6. The number of fused-ring (bicyclic) bond motifs is 2. The second-order valence-corrected chi connectivity index (χ2v) is 9.75. The van der Waals surface area contributed by atoms with Crippen molar-refractivity contribution in [3.63, 3.8) is 0 Å². The van der Waals surface area contributed by atoms with E-state index in [1.807, 2.05) is 18.2 Å². The van der Waals surface area contributed by atoms with Crippen LogP contribution in [0.5, 0.6) is 0 Å². The minimum atomic E-state index is -3.74. The lowest BCUT2D eigenvalue weighted by Gasteiger charge is -2.34. The average Bonchev–Trinajstić information content (AvgIpc) is 3.07. The number of carbonyl (C=O) groups is 2. The number of benzene rings is 3. The third kappa shape index (κ3) is 3.52. The molecule has 2 aliphatic heterocycles. The topological polar surface area (TPSA) is 86.8 Å². The Morgan fingerprint density at radius 3 is 2.32 bits per heavy atom. The van der Waals surface area contributed by atoms with Crippen molar-refractivity contribution in [2.24, 2.45) is 0 Å². The van der Waals surface area contributed by atoms with Gasteiger partial charge in [0, 0.05) is 32.7 Å². The number of rotatable bonds is 4. The van der Waals surface area contributed by atoms with Crippen LogP contribution in [-0.2, 0) is 16.6 Å². The Balaban J connectivity index is 1.31. The van der Waals surface area contributed by atoms with Crippen LogP contribution in [0.1, 0.15) is 26.3 Å². The molecule has 2 aliphatic rings. The first kappa shape index (κ1) is 19.9. The van der Waals surface area contributed by atoms with Crippen molar-refractivity contribution in [2.75, 3.05) is 26.2 Å². The molecule has 31 heavy (non-hydrogen) atoms. The molecular weight excluding hydrogens is 414 g/mol. The Labute approximate surface area is 180 Å². The lowest BCUT2D eigenvalue weighted by atomic mass is 10.0. The van der Waals surface area contributed by atoms with Crippen LogP contribution in [0.4, 0.5) is 0 Å². The van der Waals surface area contributed by atoms with Crippen LogP contribution in [0.3, 0.4) is 0 Å². The number of nitrogens with one attached hydrogen (secondary N) is 1. The van der Waals surface area contributed by atoms with Gasteiger partial charge in [0.2, 0.25) is 10.0 Å². The number of nitrogens with zero attached hydrogens (tertiary/aromatic N) is 2. The number of hydrogen-bond donors (Lipinski definition) is 1. The first-order valence-electron chi connectivity index (χ1n) is 10.1. The maximum absolute atomic E-state index is 13.1. The van der Waals surface area contributed by atoms with Crippen molar-refractivity contribution >= 4 is 32.6 Å². The number of imide groups is 1. The largest absolute Gasteiger partial charge is 0.296 e. The van der Waals surface area contributed by atoms with Crippen molar-refractivity contribution in [3.8, 4) is 0 Å². The first-order valence-corrected chi connectivity index (χ1v) is 11.6. The van der Waals surface area contributed by atoms with Crippen molar-refractivity contribution in [1.82, 2.24) is 14.5 Å². The fourth-order valence-electron chi connectivity index (χ4n) is 4.26. The van der Waals surface area contributed by atoms with Crippen LogP contribution in [-0.4, -0.2) is 55.6 Å². The van der Waals surface area contributed by atoms with Crippen molar-refractivity contribution in [1.29, 1.82) is 0 Å². The Morgan fingerprint density at radius 1 is 0.806 bits per heavy atom. The van der Waals surface area contributed by atoms with Crippen LogP contribution in [0.2, 0.25) is 0 Å². The summed E-state index contributed by atoms with van der Waals surface area (Å²) in [6.45, 7) is 2.74. The van der Waals surface area contributed by atoms with E-state index in [1.54, 1.807) is 0 Å². The highest BCUT2D eigenvalue weighted by Gasteiger charge is 2.32. The van der Waals surface area contributed by atoms with Gasteiger partial charge in [0.05, 0.1) is 16.0 Å². The van der Waals surface area contributed by atoms with Crippen LogP contribution in [0.15, 0.2) is 65.6 Å². The number of piperazine rings is 1. The Kier molecular flexibility index (Phi) is 4.85. The Hall–Kier alpha value is -3.07. The summed E-state index contributed by atoms with van der Waals surface area (Å²) in [6.07, 6.45) is 0.